The maximum absolute atomic E-state index is 6.06. The van der Waals surface area contributed by atoms with E-state index in [1.165, 1.54) is 0 Å². The molecule has 2 aromatic rings. The van der Waals surface area contributed by atoms with Crippen LogP contribution < -0.4 is 19.5 Å². The van der Waals surface area contributed by atoms with E-state index in [0.717, 1.165) is 28.5 Å². The van der Waals surface area contributed by atoms with Gasteiger partial charge in [0.25, 0.3) is 0 Å². The Hall–Kier alpha value is -2.36. The predicted octanol–water partition coefficient (Wildman–Crippen LogP) is 3.25. The second-order valence-electron chi connectivity index (χ2n) is 4.59. The van der Waals surface area contributed by atoms with Crippen molar-refractivity contribution < 1.29 is 14.2 Å². The van der Waals surface area contributed by atoms with Crippen molar-refractivity contribution in [1.29, 1.82) is 0 Å². The summed E-state index contributed by atoms with van der Waals surface area (Å²) >= 11 is 0. The first kappa shape index (κ1) is 12.7. The molecule has 2 aromatic carbocycles. The molecule has 0 aromatic heterocycles. The average Bonchev–Trinajstić information content (AvgIpc) is 2.53. The average molecular weight is 271 g/mol. The summed E-state index contributed by atoms with van der Waals surface area (Å²) in [5.74, 6) is 2.45. The smallest absolute Gasteiger partial charge is 0.145 e. The van der Waals surface area contributed by atoms with Crippen LogP contribution in [0.3, 0.4) is 0 Å². The highest BCUT2D eigenvalue weighted by Crippen LogP contribution is 2.37. The molecule has 0 amide bonds. The lowest BCUT2D eigenvalue weighted by atomic mass is 10.1. The van der Waals surface area contributed by atoms with Crippen LogP contribution in [0.5, 0.6) is 17.2 Å². The van der Waals surface area contributed by atoms with Gasteiger partial charge in [0.15, 0.2) is 0 Å². The van der Waals surface area contributed by atoms with Gasteiger partial charge in [-0.2, -0.15) is 0 Å². The molecule has 0 aliphatic carbocycles. The zero-order chi connectivity index (χ0) is 13.9. The number of methoxy groups -OCH3 is 2. The Labute approximate surface area is 118 Å². The summed E-state index contributed by atoms with van der Waals surface area (Å²) in [6, 6.07) is 13.7. The first-order valence-corrected chi connectivity index (χ1v) is 6.53. The van der Waals surface area contributed by atoms with E-state index in [2.05, 4.69) is 5.32 Å². The Morgan fingerprint density at radius 2 is 1.95 bits per heavy atom. The van der Waals surface area contributed by atoms with Crippen molar-refractivity contribution in [1.82, 2.24) is 0 Å². The number of anilines is 1. The fraction of sp³-hybridized carbons (Fsp3) is 0.250. The van der Waals surface area contributed by atoms with E-state index in [4.69, 9.17) is 14.2 Å². The van der Waals surface area contributed by atoms with Crippen LogP contribution in [0, 0.1) is 0 Å². The van der Waals surface area contributed by atoms with Gasteiger partial charge >= 0.3 is 0 Å². The highest BCUT2D eigenvalue weighted by atomic mass is 16.5. The minimum absolute atomic E-state index is 0.102. The van der Waals surface area contributed by atoms with Crippen LogP contribution >= 0.6 is 0 Å². The van der Waals surface area contributed by atoms with E-state index in [-0.39, 0.29) is 6.10 Å². The number of hydrogen-bond acceptors (Lipinski definition) is 4. The molecule has 1 atom stereocenters. The molecule has 1 N–H and O–H groups in total. The van der Waals surface area contributed by atoms with E-state index in [9.17, 15) is 0 Å². The molecule has 3 rings (SSSR count). The van der Waals surface area contributed by atoms with Crippen LogP contribution in [0.4, 0.5) is 5.69 Å². The monoisotopic (exact) mass is 271 g/mol. The molecule has 104 valence electrons. The molecule has 0 saturated heterocycles. The zero-order valence-electron chi connectivity index (χ0n) is 11.6. The third-order valence-corrected chi connectivity index (χ3v) is 3.42. The van der Waals surface area contributed by atoms with E-state index in [1.54, 1.807) is 14.2 Å². The van der Waals surface area contributed by atoms with Crippen LogP contribution in [0.25, 0.3) is 0 Å². The number of rotatable bonds is 3. The van der Waals surface area contributed by atoms with Crippen LogP contribution in [-0.4, -0.2) is 20.8 Å². The molecular formula is C16H17NO3. The fourth-order valence-corrected chi connectivity index (χ4v) is 2.38. The van der Waals surface area contributed by atoms with Crippen LogP contribution in [0.15, 0.2) is 42.5 Å². The number of nitrogens with one attached hydrogen (secondary N) is 1. The molecule has 0 radical (unpaired) electrons. The van der Waals surface area contributed by atoms with Gasteiger partial charge in [-0.05, 0) is 30.3 Å². The summed E-state index contributed by atoms with van der Waals surface area (Å²) in [5, 5.41) is 3.38. The Kier molecular flexibility index (Phi) is 3.37. The summed E-state index contributed by atoms with van der Waals surface area (Å²) in [4.78, 5) is 0. The van der Waals surface area contributed by atoms with Gasteiger partial charge in [-0.25, -0.2) is 0 Å². The molecule has 20 heavy (non-hydrogen) atoms. The van der Waals surface area contributed by atoms with Crippen molar-refractivity contribution in [3.05, 3.63) is 48.0 Å². The van der Waals surface area contributed by atoms with Crippen LogP contribution in [0.1, 0.15) is 11.7 Å². The number of benzene rings is 2. The third kappa shape index (κ3) is 2.25. The van der Waals surface area contributed by atoms with Crippen LogP contribution in [0.2, 0.25) is 0 Å². The highest BCUT2D eigenvalue weighted by molar-refractivity contribution is 5.58. The SMILES string of the molecule is COc1ccc(OC)c(C2CNc3ccccc3O2)c1. The number of ether oxygens (including phenoxy) is 3. The molecule has 4 nitrogen and oxygen atoms in total. The van der Waals surface area contributed by atoms with Crippen molar-refractivity contribution in [2.45, 2.75) is 6.10 Å². The topological polar surface area (TPSA) is 39.7 Å². The summed E-state index contributed by atoms with van der Waals surface area (Å²) in [6.45, 7) is 0.695. The van der Waals surface area contributed by atoms with Gasteiger partial charge in [0, 0.05) is 5.56 Å². The highest BCUT2D eigenvalue weighted by Gasteiger charge is 2.24. The Morgan fingerprint density at radius 1 is 1.10 bits per heavy atom. The second kappa shape index (κ2) is 5.33. The third-order valence-electron chi connectivity index (χ3n) is 3.42. The van der Waals surface area contributed by atoms with Crippen LogP contribution in [-0.2, 0) is 0 Å². The molecule has 0 bridgehead atoms. The number of hydrogen-bond donors (Lipinski definition) is 1. The largest absolute Gasteiger partial charge is 0.497 e. The summed E-state index contributed by atoms with van der Waals surface area (Å²) < 4.78 is 16.8. The van der Waals surface area contributed by atoms with E-state index in [1.807, 2.05) is 42.5 Å². The van der Waals surface area contributed by atoms with E-state index in [0.29, 0.717) is 6.54 Å². The molecule has 1 heterocycles. The van der Waals surface area contributed by atoms with Gasteiger partial charge in [0.2, 0.25) is 0 Å². The lowest BCUT2D eigenvalue weighted by Crippen LogP contribution is -2.24. The first-order chi connectivity index (χ1) is 9.81. The van der Waals surface area contributed by atoms with Gasteiger partial charge in [-0.3, -0.25) is 0 Å². The molecule has 1 aliphatic rings. The fourth-order valence-electron chi connectivity index (χ4n) is 2.38. The standard InChI is InChI=1S/C16H17NO3/c1-18-11-7-8-14(19-2)12(9-11)16-10-17-13-5-3-4-6-15(13)20-16/h3-9,16-17H,10H2,1-2H3. The Morgan fingerprint density at radius 3 is 2.75 bits per heavy atom. The van der Waals surface area contributed by atoms with Gasteiger partial charge in [0.05, 0.1) is 26.5 Å². The lowest BCUT2D eigenvalue weighted by molar-refractivity contribution is 0.205. The molecule has 0 spiro atoms. The normalized spacial score (nSPS) is 16.6. The first-order valence-electron chi connectivity index (χ1n) is 6.53. The maximum atomic E-state index is 6.06. The predicted molar refractivity (Wildman–Crippen MR) is 77.8 cm³/mol. The zero-order valence-corrected chi connectivity index (χ0v) is 11.6. The van der Waals surface area contributed by atoms with Crippen molar-refractivity contribution in [2.24, 2.45) is 0 Å². The Balaban J connectivity index is 1.94. The van der Waals surface area contributed by atoms with E-state index >= 15 is 0 Å². The maximum Gasteiger partial charge on any atom is 0.145 e. The molecular weight excluding hydrogens is 254 g/mol. The summed E-state index contributed by atoms with van der Waals surface area (Å²) in [6.07, 6.45) is -0.102. The lowest BCUT2D eigenvalue weighted by Gasteiger charge is -2.28. The molecule has 0 saturated carbocycles. The van der Waals surface area contributed by atoms with Gasteiger partial charge in [-0.1, -0.05) is 12.1 Å². The second-order valence-corrected chi connectivity index (χ2v) is 4.59. The van der Waals surface area contributed by atoms with Gasteiger partial charge in [0.1, 0.15) is 23.4 Å². The van der Waals surface area contributed by atoms with E-state index < -0.39 is 0 Å². The van der Waals surface area contributed by atoms with Crippen molar-refractivity contribution in [3.63, 3.8) is 0 Å². The Bertz CT molecular complexity index is 612. The van der Waals surface area contributed by atoms with Crippen molar-refractivity contribution in [3.8, 4) is 17.2 Å². The molecule has 1 unspecified atom stereocenters. The number of para-hydroxylation sites is 2. The van der Waals surface area contributed by atoms with Gasteiger partial charge in [-0.15, -0.1) is 0 Å². The molecule has 0 fully saturated rings. The minimum Gasteiger partial charge on any atom is -0.497 e. The number of fused-ring (bicyclic) bond motifs is 1. The molecule has 1 aliphatic heterocycles. The quantitative estimate of drug-likeness (QED) is 0.930. The van der Waals surface area contributed by atoms with Crippen molar-refractivity contribution >= 4 is 5.69 Å². The molecule has 4 heteroatoms. The summed E-state index contributed by atoms with van der Waals surface area (Å²) in [7, 11) is 3.32. The summed E-state index contributed by atoms with van der Waals surface area (Å²) in [5.41, 5.74) is 2.00. The van der Waals surface area contributed by atoms with Gasteiger partial charge < -0.3 is 19.5 Å². The van der Waals surface area contributed by atoms with Crippen molar-refractivity contribution in [2.75, 3.05) is 26.1 Å². The minimum atomic E-state index is -0.102.